The summed E-state index contributed by atoms with van der Waals surface area (Å²) in [4.78, 5) is 2.88. The summed E-state index contributed by atoms with van der Waals surface area (Å²) in [6, 6.07) is 10.6. The third-order valence-corrected chi connectivity index (χ3v) is 5.28. The Morgan fingerprint density at radius 1 is 1.35 bits per heavy atom. The van der Waals surface area contributed by atoms with Crippen LogP contribution in [0.4, 0.5) is 0 Å². The van der Waals surface area contributed by atoms with Gasteiger partial charge < -0.3 is 4.74 Å². The van der Waals surface area contributed by atoms with Gasteiger partial charge in [0, 0.05) is 9.75 Å². The fraction of sp³-hybridized carbons (Fsp3) is 0.375. The minimum Gasteiger partial charge on any atom is -0.496 e. The van der Waals surface area contributed by atoms with Crippen molar-refractivity contribution < 1.29 is 4.74 Å². The van der Waals surface area contributed by atoms with Crippen LogP contribution in [-0.2, 0) is 19.3 Å². The number of aryl methyl sites for hydroxylation is 2. The summed E-state index contributed by atoms with van der Waals surface area (Å²) in [5.74, 6) is 6.71. The number of ether oxygens (including phenoxy) is 1. The summed E-state index contributed by atoms with van der Waals surface area (Å²) >= 11 is 1.90. The normalized spacial score (nSPS) is 15.1. The predicted octanol–water partition coefficient (Wildman–Crippen LogP) is 2.99. The van der Waals surface area contributed by atoms with Gasteiger partial charge in [-0.3, -0.25) is 11.3 Å². The molecule has 20 heavy (non-hydrogen) atoms. The van der Waals surface area contributed by atoms with Gasteiger partial charge in [0.15, 0.2) is 0 Å². The summed E-state index contributed by atoms with van der Waals surface area (Å²) < 4.78 is 5.42. The minimum atomic E-state index is 0.155. The number of nitrogens with one attached hydrogen (secondary N) is 1. The summed E-state index contributed by atoms with van der Waals surface area (Å²) in [5, 5.41) is 0. The first kappa shape index (κ1) is 13.6. The highest BCUT2D eigenvalue weighted by atomic mass is 32.1. The molecule has 1 atom stereocenters. The quantitative estimate of drug-likeness (QED) is 0.657. The molecule has 1 aliphatic rings. The van der Waals surface area contributed by atoms with Crippen molar-refractivity contribution in [1.29, 1.82) is 0 Å². The molecule has 0 fully saturated rings. The molecule has 1 aromatic carbocycles. The van der Waals surface area contributed by atoms with Crippen molar-refractivity contribution in [2.75, 3.05) is 7.11 Å². The maximum absolute atomic E-state index is 5.78. The molecule has 0 radical (unpaired) electrons. The van der Waals surface area contributed by atoms with E-state index >= 15 is 0 Å². The average molecular weight is 288 g/mol. The van der Waals surface area contributed by atoms with Gasteiger partial charge in [-0.1, -0.05) is 18.2 Å². The van der Waals surface area contributed by atoms with Gasteiger partial charge in [0.25, 0.3) is 0 Å². The van der Waals surface area contributed by atoms with Crippen LogP contribution in [0, 0.1) is 0 Å². The fourth-order valence-electron chi connectivity index (χ4n) is 2.86. The van der Waals surface area contributed by atoms with Gasteiger partial charge in [0.2, 0.25) is 0 Å². The van der Waals surface area contributed by atoms with Crippen LogP contribution in [0.5, 0.6) is 5.75 Å². The van der Waals surface area contributed by atoms with Crippen molar-refractivity contribution in [3.05, 3.63) is 51.2 Å². The lowest BCUT2D eigenvalue weighted by molar-refractivity contribution is 0.406. The van der Waals surface area contributed by atoms with E-state index in [0.717, 1.165) is 12.2 Å². The molecule has 1 aromatic heterocycles. The number of nitrogens with two attached hydrogens (primary N) is 1. The molecule has 0 spiro atoms. The van der Waals surface area contributed by atoms with Crippen molar-refractivity contribution >= 4 is 11.3 Å². The third kappa shape index (κ3) is 2.59. The minimum absolute atomic E-state index is 0.155. The molecule has 1 unspecified atom stereocenters. The highest BCUT2D eigenvalue weighted by Crippen LogP contribution is 2.35. The first-order chi connectivity index (χ1) is 9.81. The molecule has 4 heteroatoms. The Labute approximate surface area is 123 Å². The Bertz CT molecular complexity index is 572. The molecular formula is C16H20N2OS. The van der Waals surface area contributed by atoms with Crippen LogP contribution in [0.1, 0.15) is 33.3 Å². The van der Waals surface area contributed by atoms with E-state index in [1.54, 1.807) is 12.0 Å². The van der Waals surface area contributed by atoms with E-state index in [0.29, 0.717) is 0 Å². The maximum atomic E-state index is 5.78. The Morgan fingerprint density at radius 3 is 2.95 bits per heavy atom. The van der Waals surface area contributed by atoms with Gasteiger partial charge in [0.05, 0.1) is 13.2 Å². The molecule has 3 N–H and O–H groups in total. The zero-order valence-corrected chi connectivity index (χ0v) is 12.5. The summed E-state index contributed by atoms with van der Waals surface area (Å²) in [7, 11) is 1.71. The second-order valence-electron chi connectivity index (χ2n) is 5.19. The summed E-state index contributed by atoms with van der Waals surface area (Å²) in [6.45, 7) is 0. The second-order valence-corrected chi connectivity index (χ2v) is 6.35. The van der Waals surface area contributed by atoms with E-state index in [1.807, 2.05) is 29.5 Å². The molecule has 1 heterocycles. The molecule has 106 valence electrons. The van der Waals surface area contributed by atoms with Crippen LogP contribution in [-0.4, -0.2) is 7.11 Å². The van der Waals surface area contributed by atoms with E-state index in [4.69, 9.17) is 10.6 Å². The number of para-hydroxylation sites is 1. The number of methoxy groups -OCH3 is 1. The highest BCUT2D eigenvalue weighted by molar-refractivity contribution is 7.12. The van der Waals surface area contributed by atoms with Gasteiger partial charge >= 0.3 is 0 Å². The Kier molecular flexibility index (Phi) is 4.05. The Hall–Kier alpha value is -1.36. The molecule has 0 bridgehead atoms. The number of hydrazine groups is 1. The first-order valence-electron chi connectivity index (χ1n) is 7.01. The topological polar surface area (TPSA) is 47.3 Å². The molecule has 3 rings (SSSR count). The van der Waals surface area contributed by atoms with Crippen LogP contribution < -0.4 is 16.0 Å². The number of hydrogen-bond donors (Lipinski definition) is 2. The fourth-order valence-corrected chi connectivity index (χ4v) is 4.17. The van der Waals surface area contributed by atoms with E-state index < -0.39 is 0 Å². The summed E-state index contributed by atoms with van der Waals surface area (Å²) in [6.07, 6.45) is 4.60. The molecule has 0 saturated heterocycles. The SMILES string of the molecule is COc1ccccc1CC(NN)c1cc2c(s1)CCC2. The molecule has 0 saturated carbocycles. The average Bonchev–Trinajstić information content (AvgIpc) is 3.06. The second kappa shape index (κ2) is 5.95. The van der Waals surface area contributed by atoms with Gasteiger partial charge in [0.1, 0.15) is 5.75 Å². The van der Waals surface area contributed by atoms with E-state index in [2.05, 4.69) is 17.6 Å². The van der Waals surface area contributed by atoms with E-state index in [-0.39, 0.29) is 6.04 Å². The maximum Gasteiger partial charge on any atom is 0.122 e. The first-order valence-corrected chi connectivity index (χ1v) is 7.83. The molecular weight excluding hydrogens is 268 g/mol. The van der Waals surface area contributed by atoms with Crippen LogP contribution in [0.2, 0.25) is 0 Å². The molecule has 1 aliphatic carbocycles. The number of hydrogen-bond acceptors (Lipinski definition) is 4. The lowest BCUT2D eigenvalue weighted by Crippen LogP contribution is -2.29. The van der Waals surface area contributed by atoms with E-state index in [9.17, 15) is 0 Å². The van der Waals surface area contributed by atoms with Gasteiger partial charge in [-0.25, -0.2) is 0 Å². The molecule has 0 aliphatic heterocycles. The van der Waals surface area contributed by atoms with Crippen molar-refractivity contribution in [2.24, 2.45) is 5.84 Å². The van der Waals surface area contributed by atoms with E-state index in [1.165, 1.54) is 35.3 Å². The van der Waals surface area contributed by atoms with Crippen molar-refractivity contribution in [3.63, 3.8) is 0 Å². The lowest BCUT2D eigenvalue weighted by atomic mass is 10.0. The Morgan fingerprint density at radius 2 is 2.20 bits per heavy atom. The number of rotatable bonds is 5. The van der Waals surface area contributed by atoms with Crippen molar-refractivity contribution in [2.45, 2.75) is 31.7 Å². The zero-order chi connectivity index (χ0) is 13.9. The van der Waals surface area contributed by atoms with Gasteiger partial charge in [-0.05, 0) is 48.9 Å². The predicted molar refractivity (Wildman–Crippen MR) is 83.1 cm³/mol. The van der Waals surface area contributed by atoms with Crippen LogP contribution >= 0.6 is 11.3 Å². The standard InChI is InChI=1S/C16H20N2OS/c1-19-14-7-3-2-5-11(14)9-13(18-17)16-10-12-6-4-8-15(12)20-16/h2-3,5,7,10,13,18H,4,6,8-9,17H2,1H3. The van der Waals surface area contributed by atoms with Crippen LogP contribution in [0.15, 0.2) is 30.3 Å². The van der Waals surface area contributed by atoms with Crippen molar-refractivity contribution in [3.8, 4) is 5.75 Å². The zero-order valence-electron chi connectivity index (χ0n) is 11.7. The Balaban J connectivity index is 1.82. The molecule has 3 nitrogen and oxygen atoms in total. The smallest absolute Gasteiger partial charge is 0.122 e. The highest BCUT2D eigenvalue weighted by Gasteiger charge is 2.20. The monoisotopic (exact) mass is 288 g/mol. The van der Waals surface area contributed by atoms with Gasteiger partial charge in [-0.15, -0.1) is 11.3 Å². The largest absolute Gasteiger partial charge is 0.496 e. The lowest BCUT2D eigenvalue weighted by Gasteiger charge is -2.16. The van der Waals surface area contributed by atoms with Crippen LogP contribution in [0.3, 0.4) is 0 Å². The van der Waals surface area contributed by atoms with Gasteiger partial charge in [-0.2, -0.15) is 0 Å². The number of thiophene rings is 1. The molecule has 0 amide bonds. The molecule has 2 aromatic rings. The third-order valence-electron chi connectivity index (χ3n) is 3.93. The van der Waals surface area contributed by atoms with Crippen molar-refractivity contribution in [1.82, 2.24) is 5.43 Å². The number of fused-ring (bicyclic) bond motifs is 1. The van der Waals surface area contributed by atoms with Crippen LogP contribution in [0.25, 0.3) is 0 Å². The number of benzene rings is 1. The summed E-state index contributed by atoms with van der Waals surface area (Å²) in [5.41, 5.74) is 5.67.